The molecule has 0 aliphatic rings. The lowest BCUT2D eigenvalue weighted by Crippen LogP contribution is -2.04. The molecule has 0 aliphatic carbocycles. The van der Waals surface area contributed by atoms with E-state index < -0.39 is 5.97 Å². The summed E-state index contributed by atoms with van der Waals surface area (Å²) in [4.78, 5) is 10.4. The van der Waals surface area contributed by atoms with Crippen LogP contribution in [0, 0.1) is 0 Å². The van der Waals surface area contributed by atoms with Crippen molar-refractivity contribution in [3.05, 3.63) is 24.3 Å². The number of allylic oxidation sites excluding steroid dienone is 3. The second-order valence-corrected chi connectivity index (χ2v) is 8.03. The zero-order valence-electron chi connectivity index (χ0n) is 18.4. The van der Waals surface area contributed by atoms with Crippen LogP contribution in [0.4, 0.5) is 0 Å². The zero-order chi connectivity index (χ0) is 20.7. The minimum absolute atomic E-state index is 0.191. The molecule has 0 amide bonds. The fourth-order valence-electron chi connectivity index (χ4n) is 3.34. The van der Waals surface area contributed by atoms with Gasteiger partial charge in [0.2, 0.25) is 0 Å². The van der Waals surface area contributed by atoms with Gasteiger partial charge in [0, 0.05) is 6.42 Å². The highest BCUT2D eigenvalue weighted by atomic mass is 16.4. The van der Waals surface area contributed by atoms with Gasteiger partial charge in [0.25, 0.3) is 0 Å². The van der Waals surface area contributed by atoms with Crippen LogP contribution in [-0.2, 0) is 4.79 Å². The van der Waals surface area contributed by atoms with Gasteiger partial charge in [0.1, 0.15) is 0 Å². The van der Waals surface area contributed by atoms with Crippen LogP contribution in [0.15, 0.2) is 24.3 Å². The molecule has 0 aliphatic heterocycles. The predicted molar refractivity (Wildman–Crippen MR) is 121 cm³/mol. The van der Waals surface area contributed by atoms with E-state index >= 15 is 0 Å². The number of unbranched alkanes of at least 4 members (excludes halogenated alkanes) is 12. The van der Waals surface area contributed by atoms with Crippen LogP contribution in [-0.4, -0.2) is 22.3 Å². The maximum absolute atomic E-state index is 10.4. The van der Waals surface area contributed by atoms with Gasteiger partial charge in [-0.25, -0.2) is 0 Å². The summed E-state index contributed by atoms with van der Waals surface area (Å²) in [6.45, 7) is 2.24. The van der Waals surface area contributed by atoms with Crippen LogP contribution < -0.4 is 0 Å². The molecular formula is C25H46O3. The molecule has 0 aromatic heterocycles. The van der Waals surface area contributed by atoms with Crippen molar-refractivity contribution < 1.29 is 15.0 Å². The van der Waals surface area contributed by atoms with E-state index in [1.807, 2.05) is 0 Å². The maximum atomic E-state index is 10.4. The molecule has 2 N–H and O–H groups in total. The Morgan fingerprint density at radius 2 is 1.32 bits per heavy atom. The highest BCUT2D eigenvalue weighted by Gasteiger charge is 2.01. The third kappa shape index (κ3) is 23.0. The summed E-state index contributed by atoms with van der Waals surface area (Å²) >= 11 is 0. The number of carboxylic acid groups (broad SMARTS) is 1. The van der Waals surface area contributed by atoms with E-state index in [1.54, 1.807) is 0 Å². The molecule has 1 unspecified atom stereocenters. The van der Waals surface area contributed by atoms with Crippen molar-refractivity contribution in [3.8, 4) is 0 Å². The van der Waals surface area contributed by atoms with Gasteiger partial charge in [0.15, 0.2) is 0 Å². The molecule has 0 aromatic rings. The van der Waals surface area contributed by atoms with E-state index in [2.05, 4.69) is 31.2 Å². The normalized spacial score (nSPS) is 12.9. The number of hydrogen-bond donors (Lipinski definition) is 2. The van der Waals surface area contributed by atoms with Crippen LogP contribution >= 0.6 is 0 Å². The minimum atomic E-state index is -0.678. The number of aliphatic hydroxyl groups is 1. The van der Waals surface area contributed by atoms with E-state index in [9.17, 15) is 9.90 Å². The average molecular weight is 395 g/mol. The van der Waals surface area contributed by atoms with E-state index in [0.717, 1.165) is 44.9 Å². The molecule has 0 bridgehead atoms. The zero-order valence-corrected chi connectivity index (χ0v) is 18.4. The highest BCUT2D eigenvalue weighted by Crippen LogP contribution is 2.13. The molecule has 1 atom stereocenters. The molecule has 0 spiro atoms. The first kappa shape index (κ1) is 26.9. The van der Waals surface area contributed by atoms with Gasteiger partial charge in [-0.3, -0.25) is 4.79 Å². The lowest BCUT2D eigenvalue weighted by Gasteiger charge is -2.07. The predicted octanol–water partition coefficient (Wildman–Crippen LogP) is 7.59. The molecule has 0 aromatic carbocycles. The average Bonchev–Trinajstić information content (AvgIpc) is 2.67. The van der Waals surface area contributed by atoms with Crippen molar-refractivity contribution >= 4 is 5.97 Å². The minimum Gasteiger partial charge on any atom is -0.481 e. The monoisotopic (exact) mass is 394 g/mol. The molecule has 0 fully saturated rings. The fourth-order valence-corrected chi connectivity index (χ4v) is 3.34. The van der Waals surface area contributed by atoms with E-state index in [-0.39, 0.29) is 6.10 Å². The fraction of sp³-hybridized carbons (Fsp3) is 0.800. The Labute approximate surface area is 174 Å². The first-order chi connectivity index (χ1) is 13.7. The molecule has 3 heteroatoms. The number of hydrogen-bond acceptors (Lipinski definition) is 2. The number of aliphatic hydroxyl groups excluding tert-OH is 1. The van der Waals surface area contributed by atoms with Gasteiger partial charge in [-0.1, -0.05) is 102 Å². The molecule has 3 nitrogen and oxygen atoms in total. The smallest absolute Gasteiger partial charge is 0.303 e. The van der Waals surface area contributed by atoms with Crippen LogP contribution in [0.5, 0.6) is 0 Å². The summed E-state index contributed by atoms with van der Waals surface area (Å²) in [6.07, 6.45) is 28.4. The second-order valence-electron chi connectivity index (χ2n) is 8.03. The lowest BCUT2D eigenvalue weighted by atomic mass is 10.0. The van der Waals surface area contributed by atoms with Gasteiger partial charge in [-0.2, -0.15) is 0 Å². The van der Waals surface area contributed by atoms with E-state index in [1.165, 1.54) is 64.2 Å². The van der Waals surface area contributed by atoms with Gasteiger partial charge >= 0.3 is 5.97 Å². The maximum Gasteiger partial charge on any atom is 0.303 e. The molecule has 0 heterocycles. The summed E-state index contributed by atoms with van der Waals surface area (Å²) < 4.78 is 0. The Hall–Kier alpha value is -1.09. The van der Waals surface area contributed by atoms with Gasteiger partial charge in [-0.15, -0.1) is 0 Å². The van der Waals surface area contributed by atoms with E-state index in [4.69, 9.17) is 5.11 Å². The summed E-state index contributed by atoms with van der Waals surface area (Å²) in [5, 5.41) is 18.6. The van der Waals surface area contributed by atoms with Crippen molar-refractivity contribution in [3.63, 3.8) is 0 Å². The van der Waals surface area contributed by atoms with Crippen LogP contribution in [0.2, 0.25) is 0 Å². The summed E-state index contributed by atoms with van der Waals surface area (Å²) in [7, 11) is 0. The lowest BCUT2D eigenvalue weighted by molar-refractivity contribution is -0.137. The molecular weight excluding hydrogens is 348 g/mol. The first-order valence-corrected chi connectivity index (χ1v) is 11.9. The topological polar surface area (TPSA) is 57.5 Å². The first-order valence-electron chi connectivity index (χ1n) is 11.9. The molecule has 0 radical (unpaired) electrons. The number of carboxylic acids is 1. The Kier molecular flexibility index (Phi) is 21.3. The molecule has 0 rings (SSSR count). The van der Waals surface area contributed by atoms with Crippen molar-refractivity contribution in [2.24, 2.45) is 0 Å². The Balaban J connectivity index is 3.31. The standard InChI is InChI=1S/C25H46O3/c1-2-3-4-5-6-7-9-12-15-18-21-24(26)22-19-16-13-10-8-11-14-17-20-23-25(27)28/h7,9,15,18,24,26H,2-6,8,10-14,16-17,19-23H2,1H3,(H,27,28). The Morgan fingerprint density at radius 1 is 0.750 bits per heavy atom. The number of carbonyl (C=O) groups is 1. The van der Waals surface area contributed by atoms with Gasteiger partial charge in [0.05, 0.1) is 6.10 Å². The van der Waals surface area contributed by atoms with Gasteiger partial charge < -0.3 is 10.2 Å². The number of aliphatic carboxylic acids is 1. The number of rotatable bonds is 21. The molecule has 0 saturated carbocycles. The third-order valence-corrected chi connectivity index (χ3v) is 5.17. The molecule has 28 heavy (non-hydrogen) atoms. The van der Waals surface area contributed by atoms with Crippen LogP contribution in [0.3, 0.4) is 0 Å². The summed E-state index contributed by atoms with van der Waals surface area (Å²) in [6, 6.07) is 0. The Bertz CT molecular complexity index is 387. The van der Waals surface area contributed by atoms with E-state index in [0.29, 0.717) is 6.42 Å². The van der Waals surface area contributed by atoms with Crippen molar-refractivity contribution in [2.45, 2.75) is 129 Å². The quantitative estimate of drug-likeness (QED) is 0.156. The van der Waals surface area contributed by atoms with Crippen molar-refractivity contribution in [1.29, 1.82) is 0 Å². The third-order valence-electron chi connectivity index (χ3n) is 5.17. The Morgan fingerprint density at radius 3 is 1.96 bits per heavy atom. The highest BCUT2D eigenvalue weighted by molar-refractivity contribution is 5.66. The molecule has 0 saturated heterocycles. The van der Waals surface area contributed by atoms with Crippen molar-refractivity contribution in [1.82, 2.24) is 0 Å². The second kappa shape index (κ2) is 22.2. The largest absolute Gasteiger partial charge is 0.481 e. The van der Waals surface area contributed by atoms with Crippen LogP contribution in [0.1, 0.15) is 122 Å². The van der Waals surface area contributed by atoms with Gasteiger partial charge in [-0.05, 0) is 38.5 Å². The van der Waals surface area contributed by atoms with Crippen molar-refractivity contribution in [2.75, 3.05) is 0 Å². The SMILES string of the molecule is CCCCCCC=CCC=CCC(O)CCCCCCCCCCCC(=O)O. The molecule has 164 valence electrons. The summed E-state index contributed by atoms with van der Waals surface area (Å²) in [5.74, 6) is -0.678. The summed E-state index contributed by atoms with van der Waals surface area (Å²) in [5.41, 5.74) is 0. The van der Waals surface area contributed by atoms with Crippen LogP contribution in [0.25, 0.3) is 0 Å².